The fourth-order valence-corrected chi connectivity index (χ4v) is 2.88. The van der Waals surface area contributed by atoms with Gasteiger partial charge in [0.05, 0.1) is 30.9 Å². The van der Waals surface area contributed by atoms with E-state index >= 15 is 0 Å². The molecule has 3 rings (SSSR count). The zero-order valence-corrected chi connectivity index (χ0v) is 11.6. The SMILES string of the molecule is O=C(O)c1ccc(C(=O)N2CCOCC23CCOC3)cc1. The molecule has 21 heavy (non-hydrogen) atoms. The Balaban J connectivity index is 1.84. The lowest BCUT2D eigenvalue weighted by Crippen LogP contribution is -2.59. The van der Waals surface area contributed by atoms with Crippen molar-refractivity contribution in [3.8, 4) is 0 Å². The van der Waals surface area contributed by atoms with Crippen molar-refractivity contribution in [2.75, 3.05) is 33.0 Å². The van der Waals surface area contributed by atoms with E-state index in [-0.39, 0.29) is 17.0 Å². The van der Waals surface area contributed by atoms with Crippen molar-refractivity contribution in [1.82, 2.24) is 4.90 Å². The summed E-state index contributed by atoms with van der Waals surface area (Å²) in [5.41, 5.74) is 0.293. The minimum Gasteiger partial charge on any atom is -0.478 e. The standard InChI is InChI=1S/C15H17NO5/c17-13(11-1-3-12(4-2-11)14(18)19)16-6-8-21-10-15(16)5-7-20-9-15/h1-4H,5-10H2,(H,18,19). The van der Waals surface area contributed by atoms with Crippen LogP contribution >= 0.6 is 0 Å². The molecule has 1 N–H and O–H groups in total. The molecule has 1 aromatic carbocycles. The second-order valence-electron chi connectivity index (χ2n) is 5.42. The summed E-state index contributed by atoms with van der Waals surface area (Å²) in [5.74, 6) is -1.10. The topological polar surface area (TPSA) is 76.1 Å². The summed E-state index contributed by atoms with van der Waals surface area (Å²) in [7, 11) is 0. The van der Waals surface area contributed by atoms with E-state index < -0.39 is 5.97 Å². The van der Waals surface area contributed by atoms with Gasteiger partial charge in [0.1, 0.15) is 0 Å². The van der Waals surface area contributed by atoms with Crippen LogP contribution in [-0.4, -0.2) is 60.4 Å². The number of aromatic carboxylic acids is 1. The van der Waals surface area contributed by atoms with Gasteiger partial charge in [0.15, 0.2) is 0 Å². The summed E-state index contributed by atoms with van der Waals surface area (Å²) in [6.07, 6.45) is 0.770. The van der Waals surface area contributed by atoms with E-state index in [2.05, 4.69) is 0 Å². The molecule has 1 amide bonds. The molecule has 2 heterocycles. The van der Waals surface area contributed by atoms with Crippen LogP contribution in [-0.2, 0) is 9.47 Å². The Morgan fingerprint density at radius 1 is 1.05 bits per heavy atom. The molecular weight excluding hydrogens is 274 g/mol. The van der Waals surface area contributed by atoms with Crippen molar-refractivity contribution in [1.29, 1.82) is 0 Å². The maximum atomic E-state index is 12.7. The smallest absolute Gasteiger partial charge is 0.335 e. The molecule has 1 unspecified atom stereocenters. The van der Waals surface area contributed by atoms with Crippen LogP contribution in [0.5, 0.6) is 0 Å². The number of amides is 1. The molecule has 2 saturated heterocycles. The molecule has 1 atom stereocenters. The molecule has 6 heteroatoms. The molecule has 0 aromatic heterocycles. The summed E-state index contributed by atoms with van der Waals surface area (Å²) in [5, 5.41) is 8.90. The summed E-state index contributed by atoms with van der Waals surface area (Å²) < 4.78 is 11.0. The Bertz CT molecular complexity index is 548. The number of benzene rings is 1. The van der Waals surface area contributed by atoms with Crippen molar-refractivity contribution < 1.29 is 24.2 Å². The highest BCUT2D eigenvalue weighted by molar-refractivity contribution is 5.96. The molecule has 1 aromatic rings. The predicted octanol–water partition coefficient (Wildman–Crippen LogP) is 1.02. The van der Waals surface area contributed by atoms with Crippen LogP contribution < -0.4 is 0 Å². The molecule has 0 saturated carbocycles. The molecular formula is C15H17NO5. The Hall–Kier alpha value is -1.92. The minimum atomic E-state index is -0.999. The van der Waals surface area contributed by atoms with Crippen LogP contribution in [0, 0.1) is 0 Å². The van der Waals surface area contributed by atoms with Gasteiger partial charge in [-0.25, -0.2) is 4.79 Å². The van der Waals surface area contributed by atoms with Crippen LogP contribution in [0.25, 0.3) is 0 Å². The first kappa shape index (κ1) is 14.0. The third kappa shape index (κ3) is 2.52. The maximum Gasteiger partial charge on any atom is 0.335 e. The Morgan fingerprint density at radius 3 is 2.29 bits per heavy atom. The highest BCUT2D eigenvalue weighted by Gasteiger charge is 2.45. The second-order valence-corrected chi connectivity index (χ2v) is 5.42. The first-order valence-corrected chi connectivity index (χ1v) is 6.93. The average Bonchev–Trinajstić information content (AvgIpc) is 2.96. The van der Waals surface area contributed by atoms with Crippen molar-refractivity contribution in [3.05, 3.63) is 35.4 Å². The van der Waals surface area contributed by atoms with Gasteiger partial charge < -0.3 is 19.5 Å². The summed E-state index contributed by atoms with van der Waals surface area (Å²) >= 11 is 0. The quantitative estimate of drug-likeness (QED) is 0.880. The van der Waals surface area contributed by atoms with E-state index in [9.17, 15) is 9.59 Å². The molecule has 2 fully saturated rings. The third-order valence-electron chi connectivity index (χ3n) is 4.11. The zero-order valence-electron chi connectivity index (χ0n) is 11.6. The van der Waals surface area contributed by atoms with Crippen LogP contribution in [0.15, 0.2) is 24.3 Å². The zero-order chi connectivity index (χ0) is 14.9. The number of nitrogens with zero attached hydrogens (tertiary/aromatic N) is 1. The first-order chi connectivity index (χ1) is 10.1. The highest BCUT2D eigenvalue weighted by Crippen LogP contribution is 2.30. The average molecular weight is 291 g/mol. The van der Waals surface area contributed by atoms with Gasteiger partial charge >= 0.3 is 5.97 Å². The number of carboxylic acid groups (broad SMARTS) is 1. The lowest BCUT2D eigenvalue weighted by molar-refractivity contribution is -0.0551. The van der Waals surface area contributed by atoms with Crippen molar-refractivity contribution in [2.45, 2.75) is 12.0 Å². The van der Waals surface area contributed by atoms with Gasteiger partial charge in [-0.2, -0.15) is 0 Å². The lowest BCUT2D eigenvalue weighted by atomic mass is 9.94. The summed E-state index contributed by atoms with van der Waals surface area (Å²) in [6, 6.07) is 6.02. The van der Waals surface area contributed by atoms with Gasteiger partial charge in [-0.1, -0.05) is 0 Å². The molecule has 0 radical (unpaired) electrons. The Labute approximate surface area is 122 Å². The van der Waals surface area contributed by atoms with Crippen molar-refractivity contribution in [2.24, 2.45) is 0 Å². The van der Waals surface area contributed by atoms with E-state index in [0.29, 0.717) is 38.5 Å². The van der Waals surface area contributed by atoms with E-state index in [1.807, 2.05) is 4.90 Å². The van der Waals surface area contributed by atoms with Crippen molar-refractivity contribution >= 4 is 11.9 Å². The number of morpholine rings is 1. The Morgan fingerprint density at radius 2 is 1.67 bits per heavy atom. The van der Waals surface area contributed by atoms with E-state index in [1.54, 1.807) is 12.1 Å². The number of ether oxygens (including phenoxy) is 2. The number of hydrogen-bond donors (Lipinski definition) is 1. The van der Waals surface area contributed by atoms with Crippen LogP contribution in [0.2, 0.25) is 0 Å². The van der Waals surface area contributed by atoms with Gasteiger partial charge in [0.2, 0.25) is 0 Å². The third-order valence-corrected chi connectivity index (χ3v) is 4.11. The first-order valence-electron chi connectivity index (χ1n) is 6.93. The van der Waals surface area contributed by atoms with E-state index in [1.165, 1.54) is 12.1 Å². The van der Waals surface area contributed by atoms with Gasteiger partial charge in [-0.15, -0.1) is 0 Å². The largest absolute Gasteiger partial charge is 0.478 e. The molecule has 6 nitrogen and oxygen atoms in total. The number of rotatable bonds is 2. The maximum absolute atomic E-state index is 12.7. The number of carbonyl (C=O) groups excluding carboxylic acids is 1. The van der Waals surface area contributed by atoms with E-state index in [0.717, 1.165) is 6.42 Å². The highest BCUT2D eigenvalue weighted by atomic mass is 16.5. The fraction of sp³-hybridized carbons (Fsp3) is 0.467. The fourth-order valence-electron chi connectivity index (χ4n) is 2.88. The molecule has 0 aliphatic carbocycles. The minimum absolute atomic E-state index is 0.0965. The number of carboxylic acids is 1. The molecule has 112 valence electrons. The number of carbonyl (C=O) groups is 2. The molecule has 1 spiro atoms. The lowest BCUT2D eigenvalue weighted by Gasteiger charge is -2.43. The molecule has 2 aliphatic heterocycles. The van der Waals surface area contributed by atoms with Crippen LogP contribution in [0.3, 0.4) is 0 Å². The molecule has 0 bridgehead atoms. The van der Waals surface area contributed by atoms with Crippen LogP contribution in [0.1, 0.15) is 27.1 Å². The van der Waals surface area contributed by atoms with Crippen molar-refractivity contribution in [3.63, 3.8) is 0 Å². The monoisotopic (exact) mass is 291 g/mol. The normalized spacial score (nSPS) is 25.2. The Kier molecular flexibility index (Phi) is 3.65. The predicted molar refractivity (Wildman–Crippen MR) is 73.4 cm³/mol. The molecule has 2 aliphatic rings. The van der Waals surface area contributed by atoms with E-state index in [4.69, 9.17) is 14.6 Å². The summed E-state index contributed by atoms with van der Waals surface area (Å²) in [4.78, 5) is 25.4. The summed E-state index contributed by atoms with van der Waals surface area (Å²) in [6.45, 7) is 2.66. The van der Waals surface area contributed by atoms with Gasteiger partial charge in [0, 0.05) is 18.7 Å². The van der Waals surface area contributed by atoms with Crippen LogP contribution in [0.4, 0.5) is 0 Å². The van der Waals surface area contributed by atoms with Gasteiger partial charge in [0.25, 0.3) is 5.91 Å². The van der Waals surface area contributed by atoms with Gasteiger partial charge in [-0.3, -0.25) is 4.79 Å². The van der Waals surface area contributed by atoms with Gasteiger partial charge in [-0.05, 0) is 30.7 Å². The number of hydrogen-bond acceptors (Lipinski definition) is 4. The second kappa shape index (κ2) is 5.46.